The Hall–Kier alpha value is -1.68. The van der Waals surface area contributed by atoms with Gasteiger partial charge in [0, 0.05) is 5.38 Å². The van der Waals surface area contributed by atoms with Crippen LogP contribution in [0.1, 0.15) is 29.4 Å². The lowest BCUT2D eigenvalue weighted by Crippen LogP contribution is -2.06. The second kappa shape index (κ2) is 5.59. The second-order valence-electron chi connectivity index (χ2n) is 3.55. The summed E-state index contributed by atoms with van der Waals surface area (Å²) in [4.78, 5) is 16.2. The summed E-state index contributed by atoms with van der Waals surface area (Å²) < 4.78 is 5.56. The number of ketones is 1. The zero-order valence-electron chi connectivity index (χ0n) is 9.55. The van der Waals surface area contributed by atoms with E-state index in [1.54, 1.807) is 17.0 Å². The number of carbonyl (C=O) groups is 1. The van der Waals surface area contributed by atoms with Crippen molar-refractivity contribution in [1.29, 1.82) is 0 Å². The van der Waals surface area contributed by atoms with Crippen molar-refractivity contribution in [2.45, 2.75) is 13.3 Å². The van der Waals surface area contributed by atoms with Crippen LogP contribution in [0.5, 0.6) is 5.75 Å². The maximum absolute atomic E-state index is 12.2. The summed E-state index contributed by atoms with van der Waals surface area (Å²) in [6.45, 7) is 2.65. The molecule has 0 saturated heterocycles. The van der Waals surface area contributed by atoms with Crippen molar-refractivity contribution in [1.82, 2.24) is 4.98 Å². The number of carbonyl (C=O) groups excluding carboxylic acids is 1. The number of hydrogen-bond donors (Lipinski definition) is 0. The Labute approximate surface area is 104 Å². The minimum Gasteiger partial charge on any atom is -0.493 e. The fourth-order valence-corrected chi connectivity index (χ4v) is 1.99. The lowest BCUT2D eigenvalue weighted by Gasteiger charge is -2.08. The van der Waals surface area contributed by atoms with Crippen LogP contribution in [-0.4, -0.2) is 17.4 Å². The number of rotatable bonds is 5. The van der Waals surface area contributed by atoms with Gasteiger partial charge in [-0.2, -0.15) is 0 Å². The highest BCUT2D eigenvalue weighted by molar-refractivity contribution is 7.07. The SMILES string of the molecule is CCCOc1ccccc1C(=O)c1cscn1. The van der Waals surface area contributed by atoms with E-state index < -0.39 is 0 Å². The number of hydrogen-bond acceptors (Lipinski definition) is 4. The molecule has 2 rings (SSSR count). The lowest BCUT2D eigenvalue weighted by molar-refractivity contribution is 0.103. The zero-order valence-corrected chi connectivity index (χ0v) is 10.4. The van der Waals surface area contributed by atoms with Crippen molar-refractivity contribution in [3.63, 3.8) is 0 Å². The van der Waals surface area contributed by atoms with Gasteiger partial charge >= 0.3 is 0 Å². The van der Waals surface area contributed by atoms with Crippen molar-refractivity contribution in [3.8, 4) is 5.75 Å². The molecule has 0 unspecified atom stereocenters. The Bertz CT molecular complexity index is 494. The average molecular weight is 247 g/mol. The molecule has 1 aromatic carbocycles. The number of nitrogens with zero attached hydrogens (tertiary/aromatic N) is 1. The minimum atomic E-state index is -0.0852. The van der Waals surface area contributed by atoms with Crippen LogP contribution in [0.3, 0.4) is 0 Å². The molecule has 3 nitrogen and oxygen atoms in total. The molecule has 1 heterocycles. The number of ether oxygens (including phenoxy) is 1. The average Bonchev–Trinajstić information content (AvgIpc) is 2.89. The van der Waals surface area contributed by atoms with Crippen LogP contribution in [0.15, 0.2) is 35.2 Å². The molecule has 0 aliphatic rings. The Balaban J connectivity index is 2.28. The van der Waals surface area contributed by atoms with Crippen molar-refractivity contribution in [2.75, 3.05) is 6.61 Å². The number of benzene rings is 1. The van der Waals surface area contributed by atoms with Gasteiger partial charge in [-0.15, -0.1) is 11.3 Å². The van der Waals surface area contributed by atoms with Gasteiger partial charge in [0.05, 0.1) is 17.7 Å². The van der Waals surface area contributed by atoms with Crippen LogP contribution in [0.25, 0.3) is 0 Å². The second-order valence-corrected chi connectivity index (χ2v) is 4.27. The molecule has 0 aliphatic heterocycles. The van der Waals surface area contributed by atoms with E-state index in [9.17, 15) is 4.79 Å². The van der Waals surface area contributed by atoms with E-state index >= 15 is 0 Å². The fourth-order valence-electron chi connectivity index (χ4n) is 1.45. The standard InChI is InChI=1S/C13H13NO2S/c1-2-7-16-12-6-4-3-5-10(12)13(15)11-8-17-9-14-11/h3-6,8-9H,2,7H2,1H3. The molecule has 0 spiro atoms. The summed E-state index contributed by atoms with van der Waals surface area (Å²) in [6, 6.07) is 7.28. The molecule has 0 fully saturated rings. The molecular formula is C13H13NO2S. The maximum Gasteiger partial charge on any atom is 0.215 e. The number of aromatic nitrogens is 1. The summed E-state index contributed by atoms with van der Waals surface area (Å²) in [5, 5.41) is 1.75. The van der Waals surface area contributed by atoms with E-state index in [0.29, 0.717) is 23.6 Å². The van der Waals surface area contributed by atoms with Gasteiger partial charge in [0.1, 0.15) is 11.4 Å². The summed E-state index contributed by atoms with van der Waals surface area (Å²) >= 11 is 1.41. The molecule has 88 valence electrons. The van der Waals surface area contributed by atoms with E-state index in [0.717, 1.165) is 6.42 Å². The summed E-state index contributed by atoms with van der Waals surface area (Å²) in [5.74, 6) is 0.547. The third-order valence-corrected chi connectivity index (χ3v) is 2.84. The van der Waals surface area contributed by atoms with Gasteiger partial charge in [-0.25, -0.2) is 4.98 Å². The monoisotopic (exact) mass is 247 g/mol. The van der Waals surface area contributed by atoms with Crippen LogP contribution >= 0.6 is 11.3 Å². The first-order chi connectivity index (χ1) is 8.33. The fraction of sp³-hybridized carbons (Fsp3) is 0.231. The lowest BCUT2D eigenvalue weighted by atomic mass is 10.1. The number of thiazole rings is 1. The zero-order chi connectivity index (χ0) is 12.1. The van der Waals surface area contributed by atoms with Gasteiger partial charge in [0.2, 0.25) is 5.78 Å². The van der Waals surface area contributed by atoms with E-state index in [1.165, 1.54) is 11.3 Å². The van der Waals surface area contributed by atoms with Crippen molar-refractivity contribution < 1.29 is 9.53 Å². The van der Waals surface area contributed by atoms with E-state index in [2.05, 4.69) is 4.98 Å². The topological polar surface area (TPSA) is 39.2 Å². The minimum absolute atomic E-state index is 0.0852. The van der Waals surface area contributed by atoms with Gasteiger partial charge < -0.3 is 4.74 Å². The van der Waals surface area contributed by atoms with Gasteiger partial charge in [-0.1, -0.05) is 19.1 Å². The maximum atomic E-state index is 12.2. The molecule has 17 heavy (non-hydrogen) atoms. The normalized spacial score (nSPS) is 10.2. The van der Waals surface area contributed by atoms with Crippen LogP contribution in [0, 0.1) is 0 Å². The molecule has 0 saturated carbocycles. The molecule has 0 atom stereocenters. The van der Waals surface area contributed by atoms with Crippen LogP contribution in [0.4, 0.5) is 0 Å². The van der Waals surface area contributed by atoms with Crippen LogP contribution in [0.2, 0.25) is 0 Å². The van der Waals surface area contributed by atoms with E-state index in [-0.39, 0.29) is 5.78 Å². The van der Waals surface area contributed by atoms with Gasteiger partial charge in [0.25, 0.3) is 0 Å². The Morgan fingerprint density at radius 1 is 1.41 bits per heavy atom. The summed E-state index contributed by atoms with van der Waals surface area (Å²) in [5.41, 5.74) is 2.71. The van der Waals surface area contributed by atoms with Gasteiger partial charge in [-0.3, -0.25) is 4.79 Å². The third kappa shape index (κ3) is 2.71. The van der Waals surface area contributed by atoms with E-state index in [4.69, 9.17) is 4.74 Å². The molecule has 0 aliphatic carbocycles. The molecule has 0 N–H and O–H groups in total. The highest BCUT2D eigenvalue weighted by Gasteiger charge is 2.15. The third-order valence-electron chi connectivity index (χ3n) is 2.26. The Kier molecular flexibility index (Phi) is 3.88. The molecule has 0 radical (unpaired) electrons. The molecule has 0 bridgehead atoms. The molecular weight excluding hydrogens is 234 g/mol. The first kappa shape index (κ1) is 11.8. The predicted octanol–water partition coefficient (Wildman–Crippen LogP) is 3.16. The van der Waals surface area contributed by atoms with Gasteiger partial charge in [0.15, 0.2) is 0 Å². The Morgan fingerprint density at radius 3 is 2.94 bits per heavy atom. The highest BCUT2D eigenvalue weighted by Crippen LogP contribution is 2.21. The largest absolute Gasteiger partial charge is 0.493 e. The quantitative estimate of drug-likeness (QED) is 0.762. The van der Waals surface area contributed by atoms with Crippen molar-refractivity contribution in [3.05, 3.63) is 46.4 Å². The van der Waals surface area contributed by atoms with Crippen molar-refractivity contribution in [2.24, 2.45) is 0 Å². The molecule has 0 amide bonds. The number of para-hydroxylation sites is 1. The summed E-state index contributed by atoms with van der Waals surface area (Å²) in [7, 11) is 0. The molecule has 2 aromatic rings. The highest BCUT2D eigenvalue weighted by atomic mass is 32.1. The molecule has 1 aromatic heterocycles. The van der Waals surface area contributed by atoms with Gasteiger partial charge in [-0.05, 0) is 18.6 Å². The summed E-state index contributed by atoms with van der Waals surface area (Å²) in [6.07, 6.45) is 0.916. The predicted molar refractivity (Wildman–Crippen MR) is 67.8 cm³/mol. The Morgan fingerprint density at radius 2 is 2.24 bits per heavy atom. The van der Waals surface area contributed by atoms with E-state index in [1.807, 2.05) is 25.1 Å². The molecule has 4 heteroatoms. The van der Waals surface area contributed by atoms with Crippen molar-refractivity contribution >= 4 is 17.1 Å². The van der Waals surface area contributed by atoms with Crippen LogP contribution in [-0.2, 0) is 0 Å². The first-order valence-electron chi connectivity index (χ1n) is 5.47. The van der Waals surface area contributed by atoms with Crippen LogP contribution < -0.4 is 4.74 Å². The first-order valence-corrected chi connectivity index (χ1v) is 6.42. The smallest absolute Gasteiger partial charge is 0.215 e.